The second-order valence-corrected chi connectivity index (χ2v) is 6.56. The molecule has 3 nitrogen and oxygen atoms in total. The monoisotopic (exact) mass is 284 g/mol. The molecule has 0 aliphatic heterocycles. The predicted molar refractivity (Wildman–Crippen MR) is 80.5 cm³/mol. The van der Waals surface area contributed by atoms with Gasteiger partial charge in [-0.25, -0.2) is 0 Å². The number of allylic oxidation sites excluding steroid dienone is 2. The Hall–Kier alpha value is -1.90. The lowest BCUT2D eigenvalue weighted by Gasteiger charge is -2.28. The molecule has 0 N–H and O–H groups in total. The average molecular weight is 284 g/mol. The predicted octanol–water partition coefficient (Wildman–Crippen LogP) is 3.39. The Labute approximate surface area is 125 Å². The molecule has 2 bridgehead atoms. The molecule has 0 saturated heterocycles. The van der Waals surface area contributed by atoms with E-state index < -0.39 is 5.41 Å². The number of methoxy groups -OCH3 is 1. The highest BCUT2D eigenvalue weighted by atomic mass is 16.5. The van der Waals surface area contributed by atoms with E-state index in [4.69, 9.17) is 4.74 Å². The Morgan fingerprint density at radius 1 is 1.19 bits per heavy atom. The molecule has 0 aromatic heterocycles. The maximum atomic E-state index is 12.3. The van der Waals surface area contributed by atoms with E-state index in [0.717, 1.165) is 5.56 Å². The molecule has 0 spiro atoms. The molecule has 0 unspecified atom stereocenters. The molecule has 0 radical (unpaired) electrons. The lowest BCUT2D eigenvalue weighted by Crippen LogP contribution is -2.36. The van der Waals surface area contributed by atoms with Crippen molar-refractivity contribution in [3.63, 3.8) is 0 Å². The van der Waals surface area contributed by atoms with Gasteiger partial charge < -0.3 is 4.74 Å². The van der Waals surface area contributed by atoms with E-state index in [9.17, 15) is 9.59 Å². The summed E-state index contributed by atoms with van der Waals surface area (Å²) < 4.78 is 4.92. The Morgan fingerprint density at radius 3 is 2.48 bits per heavy atom. The molecule has 1 aromatic rings. The number of fused-ring (bicyclic) bond motifs is 2. The number of carbonyl (C=O) groups is 2. The maximum Gasteiger partial charge on any atom is 0.319 e. The van der Waals surface area contributed by atoms with Crippen molar-refractivity contribution in [2.75, 3.05) is 7.11 Å². The van der Waals surface area contributed by atoms with Crippen LogP contribution in [-0.4, -0.2) is 18.9 Å². The fraction of sp³-hybridized carbons (Fsp3) is 0.444. The number of ether oxygens (including phenoxy) is 1. The van der Waals surface area contributed by atoms with Gasteiger partial charge in [-0.3, -0.25) is 9.59 Å². The van der Waals surface area contributed by atoms with Crippen molar-refractivity contribution < 1.29 is 14.3 Å². The molecule has 3 heteroatoms. The summed E-state index contributed by atoms with van der Waals surface area (Å²) in [5.74, 6) is -0.325. The van der Waals surface area contributed by atoms with E-state index in [0.29, 0.717) is 19.3 Å². The van der Waals surface area contributed by atoms with Crippen molar-refractivity contribution in [2.45, 2.75) is 33.1 Å². The highest BCUT2D eigenvalue weighted by Crippen LogP contribution is 2.63. The molecule has 1 aromatic carbocycles. The summed E-state index contributed by atoms with van der Waals surface area (Å²) in [5, 5.41) is 0. The molecule has 2 atom stereocenters. The van der Waals surface area contributed by atoms with Gasteiger partial charge in [0.1, 0.15) is 5.41 Å². The number of ketones is 1. The van der Waals surface area contributed by atoms with Gasteiger partial charge in [-0.2, -0.15) is 0 Å². The molecule has 2 saturated carbocycles. The Kier molecular flexibility index (Phi) is 3.05. The SMILES string of the molecule is COC(=O)[C@]12C/C(=C(\C)c3ccccc3)[C@](C)(CC1=O)C2. The molecule has 0 amide bonds. The highest BCUT2D eigenvalue weighted by Gasteiger charge is 2.65. The van der Waals surface area contributed by atoms with Crippen LogP contribution in [0.1, 0.15) is 38.7 Å². The van der Waals surface area contributed by atoms with E-state index in [1.165, 1.54) is 18.3 Å². The van der Waals surface area contributed by atoms with Crippen LogP contribution in [0.2, 0.25) is 0 Å². The van der Waals surface area contributed by atoms with Crippen LogP contribution in [0.4, 0.5) is 0 Å². The molecular weight excluding hydrogens is 264 g/mol. The second kappa shape index (κ2) is 4.55. The van der Waals surface area contributed by atoms with Crippen LogP contribution >= 0.6 is 0 Å². The summed E-state index contributed by atoms with van der Waals surface area (Å²) in [6, 6.07) is 10.2. The maximum absolute atomic E-state index is 12.3. The summed E-state index contributed by atoms with van der Waals surface area (Å²) >= 11 is 0. The summed E-state index contributed by atoms with van der Waals surface area (Å²) in [4.78, 5) is 24.5. The Morgan fingerprint density at radius 2 is 1.86 bits per heavy atom. The number of esters is 1. The van der Waals surface area contributed by atoms with Gasteiger partial charge in [0.15, 0.2) is 5.78 Å². The second-order valence-electron chi connectivity index (χ2n) is 6.56. The van der Waals surface area contributed by atoms with Gasteiger partial charge in [-0.15, -0.1) is 0 Å². The Bertz CT molecular complexity index is 634. The first-order chi connectivity index (χ1) is 9.93. The first-order valence-corrected chi connectivity index (χ1v) is 7.30. The van der Waals surface area contributed by atoms with Crippen LogP contribution in [-0.2, 0) is 14.3 Å². The molecule has 0 heterocycles. The van der Waals surface area contributed by atoms with Crippen LogP contribution in [0.5, 0.6) is 0 Å². The molecule has 110 valence electrons. The third-order valence-electron chi connectivity index (χ3n) is 5.22. The van der Waals surface area contributed by atoms with Gasteiger partial charge in [0.05, 0.1) is 7.11 Å². The fourth-order valence-corrected chi connectivity index (χ4v) is 4.14. The van der Waals surface area contributed by atoms with Gasteiger partial charge >= 0.3 is 5.97 Å². The van der Waals surface area contributed by atoms with Crippen LogP contribution in [0, 0.1) is 10.8 Å². The zero-order chi connectivity index (χ0) is 15.3. The quantitative estimate of drug-likeness (QED) is 0.617. The minimum absolute atomic E-state index is 0.0430. The van der Waals surface area contributed by atoms with Gasteiger partial charge in [-0.1, -0.05) is 42.8 Å². The van der Waals surface area contributed by atoms with E-state index in [1.807, 2.05) is 18.2 Å². The number of hydrogen-bond acceptors (Lipinski definition) is 3. The molecule has 2 fully saturated rings. The van der Waals surface area contributed by atoms with Crippen molar-refractivity contribution in [1.82, 2.24) is 0 Å². The van der Waals surface area contributed by atoms with Gasteiger partial charge in [0.2, 0.25) is 0 Å². The van der Waals surface area contributed by atoms with Crippen molar-refractivity contribution >= 4 is 17.3 Å². The standard InChI is InChI=1S/C18H20O3/c1-12(13-7-5-4-6-8-13)14-9-18(16(20)21-3)11-17(14,2)10-15(18)19/h4-8H,9-11H2,1-3H3/b14-12-/t17-,18+/m1/s1. The van der Waals surface area contributed by atoms with Crippen molar-refractivity contribution in [2.24, 2.45) is 10.8 Å². The Balaban J connectivity index is 2.09. The van der Waals surface area contributed by atoms with Crippen LogP contribution in [0.3, 0.4) is 0 Å². The normalized spacial score (nSPS) is 33.2. The summed E-state index contributed by atoms with van der Waals surface area (Å²) in [7, 11) is 1.37. The number of hydrogen-bond donors (Lipinski definition) is 0. The first-order valence-electron chi connectivity index (χ1n) is 7.30. The van der Waals surface area contributed by atoms with E-state index in [-0.39, 0.29) is 17.2 Å². The van der Waals surface area contributed by atoms with Crippen molar-refractivity contribution in [3.05, 3.63) is 41.5 Å². The molecule has 2 aliphatic rings. The number of Topliss-reactive ketones (excluding diaryl/α,β-unsaturated/α-hetero) is 1. The third kappa shape index (κ3) is 1.87. The minimum Gasteiger partial charge on any atom is -0.468 e. The zero-order valence-corrected chi connectivity index (χ0v) is 12.7. The van der Waals surface area contributed by atoms with Gasteiger partial charge in [0.25, 0.3) is 0 Å². The zero-order valence-electron chi connectivity index (χ0n) is 12.7. The first kappa shape index (κ1) is 14.1. The van der Waals surface area contributed by atoms with E-state index in [2.05, 4.69) is 26.0 Å². The van der Waals surface area contributed by atoms with Gasteiger partial charge in [0, 0.05) is 6.42 Å². The summed E-state index contributed by atoms with van der Waals surface area (Å²) in [5.41, 5.74) is 2.45. The van der Waals surface area contributed by atoms with E-state index >= 15 is 0 Å². The number of rotatable bonds is 2. The minimum atomic E-state index is -0.936. The average Bonchev–Trinajstić information content (AvgIpc) is 2.94. The molecule has 3 rings (SSSR count). The summed E-state index contributed by atoms with van der Waals surface area (Å²) in [6.45, 7) is 4.19. The van der Waals surface area contributed by atoms with Crippen LogP contribution in [0.15, 0.2) is 35.9 Å². The van der Waals surface area contributed by atoms with E-state index in [1.54, 1.807) is 0 Å². The fourth-order valence-electron chi connectivity index (χ4n) is 4.14. The molecule has 2 aliphatic carbocycles. The smallest absolute Gasteiger partial charge is 0.319 e. The van der Waals surface area contributed by atoms with Crippen LogP contribution < -0.4 is 0 Å². The topological polar surface area (TPSA) is 43.4 Å². The summed E-state index contributed by atoms with van der Waals surface area (Å²) in [6.07, 6.45) is 1.54. The highest BCUT2D eigenvalue weighted by molar-refractivity contribution is 6.08. The number of benzene rings is 1. The van der Waals surface area contributed by atoms with Gasteiger partial charge in [-0.05, 0) is 36.3 Å². The largest absolute Gasteiger partial charge is 0.468 e. The lowest BCUT2D eigenvalue weighted by molar-refractivity contribution is -0.156. The lowest BCUT2D eigenvalue weighted by atomic mass is 9.75. The number of carbonyl (C=O) groups excluding carboxylic acids is 2. The van der Waals surface area contributed by atoms with Crippen molar-refractivity contribution in [1.29, 1.82) is 0 Å². The van der Waals surface area contributed by atoms with Crippen molar-refractivity contribution in [3.8, 4) is 0 Å². The molecule has 21 heavy (non-hydrogen) atoms. The van der Waals surface area contributed by atoms with Crippen LogP contribution in [0.25, 0.3) is 5.57 Å². The molecular formula is C18H20O3. The third-order valence-corrected chi connectivity index (χ3v) is 5.22.